The van der Waals surface area contributed by atoms with Crippen molar-refractivity contribution in [2.75, 3.05) is 0 Å². The number of hydrogen-bond acceptors (Lipinski definition) is 2. The third kappa shape index (κ3) is 2.39. The summed E-state index contributed by atoms with van der Waals surface area (Å²) in [6.45, 7) is 3.23. The molecule has 0 aromatic carbocycles. The molecule has 1 unspecified atom stereocenters. The summed E-state index contributed by atoms with van der Waals surface area (Å²) in [7, 11) is 0. The average molecular weight is 123 g/mol. The van der Waals surface area contributed by atoms with Gasteiger partial charge in [0, 0.05) is 11.3 Å². The minimum atomic E-state index is -1.01. The van der Waals surface area contributed by atoms with Crippen molar-refractivity contribution in [1.82, 2.24) is 0 Å². The van der Waals surface area contributed by atoms with Gasteiger partial charge in [-0.05, 0) is 18.5 Å². The summed E-state index contributed by atoms with van der Waals surface area (Å²) in [6.07, 6.45) is 0.133. The second kappa shape index (κ2) is 2.80. The van der Waals surface area contributed by atoms with Crippen LogP contribution in [0.1, 0.15) is 6.42 Å². The summed E-state index contributed by atoms with van der Waals surface area (Å²) in [6, 6.07) is 0. The van der Waals surface area contributed by atoms with Crippen molar-refractivity contribution >= 4 is 11.6 Å². The second-order valence-electron chi connectivity index (χ2n) is 1.01. The molecule has 7 heavy (non-hydrogen) atoms. The van der Waals surface area contributed by atoms with Crippen molar-refractivity contribution in [2.24, 2.45) is 0 Å². The lowest BCUT2D eigenvalue weighted by atomic mass is 10.5. The van der Waals surface area contributed by atoms with Crippen LogP contribution < -0.4 is 0 Å². The molecule has 4 heteroatoms. The molecule has 0 N–H and O–H groups in total. The first-order chi connectivity index (χ1) is 3.18. The van der Waals surface area contributed by atoms with Crippen LogP contribution in [0, 0.1) is 17.0 Å². The first-order valence-corrected chi connectivity index (χ1v) is 2.19. The number of nitrogens with zero attached hydrogens (tertiary/aromatic N) is 1. The Labute approximate surface area is 46.4 Å². The van der Waals surface area contributed by atoms with E-state index in [1.54, 1.807) is 0 Å². The van der Waals surface area contributed by atoms with Crippen molar-refractivity contribution in [3.8, 4) is 0 Å². The Kier molecular flexibility index (Phi) is 2.67. The van der Waals surface area contributed by atoms with Crippen LogP contribution in [0.3, 0.4) is 0 Å². The van der Waals surface area contributed by atoms with Crippen molar-refractivity contribution in [2.45, 2.75) is 11.9 Å². The van der Waals surface area contributed by atoms with E-state index in [1.807, 2.05) is 0 Å². The zero-order valence-electron chi connectivity index (χ0n) is 3.63. The van der Waals surface area contributed by atoms with Crippen LogP contribution in [0.2, 0.25) is 0 Å². The number of rotatable bonds is 2. The molecule has 1 atom stereocenters. The fourth-order valence-corrected chi connectivity index (χ4v) is 0.105. The summed E-state index contributed by atoms with van der Waals surface area (Å²) in [4.78, 5) is 8.99. The van der Waals surface area contributed by atoms with E-state index >= 15 is 0 Å². The molecule has 0 aliphatic rings. The summed E-state index contributed by atoms with van der Waals surface area (Å²) in [5.41, 5.74) is -1.01. The monoisotopic (exact) mass is 122 g/mol. The van der Waals surface area contributed by atoms with Gasteiger partial charge in [-0.1, -0.05) is 0 Å². The average Bonchev–Trinajstić information content (AvgIpc) is 1.65. The van der Waals surface area contributed by atoms with Crippen LogP contribution >= 0.6 is 11.6 Å². The Morgan fingerprint density at radius 2 is 2.43 bits per heavy atom. The van der Waals surface area contributed by atoms with Gasteiger partial charge in [-0.2, -0.15) is 0 Å². The van der Waals surface area contributed by atoms with Gasteiger partial charge in [-0.3, -0.25) is 10.1 Å². The number of alkyl halides is 1. The lowest BCUT2D eigenvalue weighted by Crippen LogP contribution is -2.09. The first-order valence-electron chi connectivity index (χ1n) is 1.75. The molecule has 0 rings (SSSR count). The number of nitro groups is 1. The van der Waals surface area contributed by atoms with Crippen molar-refractivity contribution in [3.05, 3.63) is 17.0 Å². The van der Waals surface area contributed by atoms with Gasteiger partial charge in [0.2, 0.25) is 0 Å². The molecule has 1 radical (unpaired) electrons. The first kappa shape index (κ1) is 6.69. The maximum atomic E-state index is 9.56. The highest BCUT2D eigenvalue weighted by Crippen LogP contribution is 1.98. The van der Waals surface area contributed by atoms with Crippen molar-refractivity contribution in [3.63, 3.8) is 0 Å². The van der Waals surface area contributed by atoms with Gasteiger partial charge in [0.05, 0.1) is 0 Å². The SMILES string of the molecule is [CH2]CC(Cl)[N+](=O)[O-]. The van der Waals surface area contributed by atoms with E-state index in [0.29, 0.717) is 0 Å². The zero-order chi connectivity index (χ0) is 5.86. The molecule has 0 bridgehead atoms. The van der Waals surface area contributed by atoms with E-state index in [4.69, 9.17) is 11.6 Å². The largest absolute Gasteiger partial charge is 0.286 e. The predicted molar refractivity (Wildman–Crippen MR) is 26.6 cm³/mol. The predicted octanol–water partition coefficient (Wildman–Crippen LogP) is 1.05. The number of halogens is 1. The molecule has 0 heterocycles. The van der Waals surface area contributed by atoms with Gasteiger partial charge in [0.1, 0.15) is 0 Å². The molecule has 3 nitrogen and oxygen atoms in total. The lowest BCUT2D eigenvalue weighted by Gasteiger charge is -1.91. The standard InChI is InChI=1S/C3H5ClNO2/c1-2-3(4)5(6)7/h3H,1-2H2. The van der Waals surface area contributed by atoms with Gasteiger partial charge < -0.3 is 0 Å². The third-order valence-electron chi connectivity index (χ3n) is 0.467. The lowest BCUT2D eigenvalue weighted by molar-refractivity contribution is -0.497. The molecule has 0 amide bonds. The Balaban J connectivity index is 3.34. The van der Waals surface area contributed by atoms with Crippen LogP contribution in [0.5, 0.6) is 0 Å². The summed E-state index contributed by atoms with van der Waals surface area (Å²) >= 11 is 5.04. The Morgan fingerprint density at radius 3 is 2.43 bits per heavy atom. The zero-order valence-corrected chi connectivity index (χ0v) is 4.39. The fourth-order valence-electron chi connectivity index (χ4n) is 0.105. The third-order valence-corrected chi connectivity index (χ3v) is 0.845. The van der Waals surface area contributed by atoms with Crippen LogP contribution in [-0.2, 0) is 0 Å². The molecule has 0 aliphatic carbocycles. The van der Waals surface area contributed by atoms with Crippen LogP contribution in [0.25, 0.3) is 0 Å². The van der Waals surface area contributed by atoms with Crippen molar-refractivity contribution < 1.29 is 4.92 Å². The maximum Gasteiger partial charge on any atom is 0.286 e. The highest BCUT2D eigenvalue weighted by molar-refractivity contribution is 6.19. The van der Waals surface area contributed by atoms with E-state index in [0.717, 1.165) is 0 Å². The molecule has 0 aromatic rings. The molecule has 0 aliphatic heterocycles. The summed E-state index contributed by atoms with van der Waals surface area (Å²) in [5, 5.41) is 9.56. The van der Waals surface area contributed by atoms with Crippen LogP contribution in [-0.4, -0.2) is 10.4 Å². The Bertz CT molecular complexity index is 75.3. The molecule has 0 aromatic heterocycles. The second-order valence-corrected chi connectivity index (χ2v) is 1.51. The summed E-state index contributed by atoms with van der Waals surface area (Å²) < 4.78 is 0. The Hall–Kier alpha value is -0.310. The quantitative estimate of drug-likeness (QED) is 0.238. The van der Waals surface area contributed by atoms with E-state index in [1.165, 1.54) is 0 Å². The topological polar surface area (TPSA) is 43.1 Å². The molecule has 0 spiro atoms. The van der Waals surface area contributed by atoms with Gasteiger partial charge in [0.25, 0.3) is 5.50 Å². The summed E-state index contributed by atoms with van der Waals surface area (Å²) in [5.74, 6) is 0. The van der Waals surface area contributed by atoms with Gasteiger partial charge in [-0.25, -0.2) is 0 Å². The van der Waals surface area contributed by atoms with Crippen LogP contribution in [0.4, 0.5) is 0 Å². The van der Waals surface area contributed by atoms with Gasteiger partial charge in [0.15, 0.2) is 0 Å². The van der Waals surface area contributed by atoms with E-state index in [9.17, 15) is 10.1 Å². The fraction of sp³-hybridized carbons (Fsp3) is 0.667. The highest BCUT2D eigenvalue weighted by Gasteiger charge is 2.09. The molecule has 0 saturated heterocycles. The Morgan fingerprint density at radius 1 is 2.00 bits per heavy atom. The highest BCUT2D eigenvalue weighted by atomic mass is 35.5. The maximum absolute atomic E-state index is 9.56. The molecule has 41 valence electrons. The normalized spacial score (nSPS) is 13.4. The van der Waals surface area contributed by atoms with Gasteiger partial charge >= 0.3 is 0 Å². The van der Waals surface area contributed by atoms with E-state index < -0.39 is 10.4 Å². The van der Waals surface area contributed by atoms with Crippen molar-refractivity contribution in [1.29, 1.82) is 0 Å². The smallest absolute Gasteiger partial charge is 0.263 e. The molecule has 0 fully saturated rings. The van der Waals surface area contributed by atoms with Crippen LogP contribution in [0.15, 0.2) is 0 Å². The molecular weight excluding hydrogens is 117 g/mol. The molecular formula is C3H5ClNO2. The molecule has 0 saturated carbocycles. The van der Waals surface area contributed by atoms with E-state index in [2.05, 4.69) is 6.92 Å². The number of hydrogen-bond donors (Lipinski definition) is 0. The minimum Gasteiger partial charge on any atom is -0.263 e. The van der Waals surface area contributed by atoms with E-state index in [-0.39, 0.29) is 6.42 Å². The van der Waals surface area contributed by atoms with Gasteiger partial charge in [-0.15, -0.1) is 0 Å². The minimum absolute atomic E-state index is 0.133.